The van der Waals surface area contributed by atoms with Crippen LogP contribution in [0.5, 0.6) is 0 Å². The zero-order valence-electron chi connectivity index (χ0n) is 6.74. The van der Waals surface area contributed by atoms with E-state index >= 15 is 0 Å². The molecule has 12 heavy (non-hydrogen) atoms. The maximum Gasteiger partial charge on any atom is 0.119 e. The molecule has 0 unspecified atom stereocenters. The number of aliphatic hydroxyl groups excluding tert-OH is 1. The van der Waals surface area contributed by atoms with Gasteiger partial charge >= 0.3 is 0 Å². The summed E-state index contributed by atoms with van der Waals surface area (Å²) in [6.45, 7) is 1.70. The van der Waals surface area contributed by atoms with Crippen LogP contribution in [0.25, 0.3) is 10.1 Å². The molecule has 1 aromatic carbocycles. The van der Waals surface area contributed by atoms with Gasteiger partial charge in [-0.15, -0.1) is 11.3 Å². The SMILES string of the molecule is C[C](O)c1ccc2sccc2c1. The fourth-order valence-electron chi connectivity index (χ4n) is 1.19. The molecule has 0 amide bonds. The Morgan fingerprint density at radius 3 is 2.92 bits per heavy atom. The lowest BCUT2D eigenvalue weighted by molar-refractivity contribution is 0.341. The van der Waals surface area contributed by atoms with Crippen LogP contribution < -0.4 is 0 Å². The predicted molar refractivity (Wildman–Crippen MR) is 51.8 cm³/mol. The van der Waals surface area contributed by atoms with Gasteiger partial charge in [0.1, 0.15) is 6.10 Å². The molecule has 0 aliphatic heterocycles. The van der Waals surface area contributed by atoms with E-state index in [1.165, 1.54) is 10.1 Å². The largest absolute Gasteiger partial charge is 0.382 e. The Kier molecular flexibility index (Phi) is 1.87. The van der Waals surface area contributed by atoms with Crippen LogP contribution in [0.1, 0.15) is 12.5 Å². The molecule has 0 aliphatic carbocycles. The Morgan fingerprint density at radius 2 is 2.17 bits per heavy atom. The number of hydrogen-bond acceptors (Lipinski definition) is 2. The van der Waals surface area contributed by atoms with Crippen molar-refractivity contribution in [2.24, 2.45) is 0 Å². The van der Waals surface area contributed by atoms with Gasteiger partial charge in [-0.2, -0.15) is 0 Å². The van der Waals surface area contributed by atoms with Crippen LogP contribution in [-0.2, 0) is 0 Å². The van der Waals surface area contributed by atoms with E-state index in [2.05, 4.69) is 11.4 Å². The molecule has 0 spiro atoms. The van der Waals surface area contributed by atoms with Gasteiger partial charge in [-0.05, 0) is 41.5 Å². The maximum absolute atomic E-state index is 9.24. The lowest BCUT2D eigenvalue weighted by Crippen LogP contribution is -1.89. The predicted octanol–water partition coefficient (Wildman–Crippen LogP) is 3.17. The minimum atomic E-state index is 0.378. The quantitative estimate of drug-likeness (QED) is 0.709. The fraction of sp³-hybridized carbons (Fsp3) is 0.100. The van der Waals surface area contributed by atoms with Crippen LogP contribution >= 0.6 is 11.3 Å². The highest BCUT2D eigenvalue weighted by Crippen LogP contribution is 2.23. The van der Waals surface area contributed by atoms with Gasteiger partial charge in [0.15, 0.2) is 0 Å². The summed E-state index contributed by atoms with van der Waals surface area (Å²) in [7, 11) is 0. The Morgan fingerprint density at radius 1 is 1.33 bits per heavy atom. The van der Waals surface area contributed by atoms with Crippen molar-refractivity contribution >= 4 is 21.4 Å². The van der Waals surface area contributed by atoms with Crippen molar-refractivity contribution < 1.29 is 5.11 Å². The van der Waals surface area contributed by atoms with Crippen molar-refractivity contribution in [3.63, 3.8) is 0 Å². The zero-order valence-corrected chi connectivity index (χ0v) is 7.56. The van der Waals surface area contributed by atoms with Crippen LogP contribution in [0.4, 0.5) is 0 Å². The number of rotatable bonds is 1. The third-order valence-electron chi connectivity index (χ3n) is 1.87. The number of fused-ring (bicyclic) bond motifs is 1. The molecule has 1 N–H and O–H groups in total. The first-order valence-corrected chi connectivity index (χ1v) is 4.65. The second kappa shape index (κ2) is 2.88. The summed E-state index contributed by atoms with van der Waals surface area (Å²) in [5.74, 6) is 0. The Balaban J connectivity index is 2.60. The molecule has 2 aromatic rings. The average Bonchev–Trinajstić information content (AvgIpc) is 2.49. The van der Waals surface area contributed by atoms with Crippen LogP contribution in [0.2, 0.25) is 0 Å². The Labute approximate surface area is 75.3 Å². The highest BCUT2D eigenvalue weighted by Gasteiger charge is 2.02. The van der Waals surface area contributed by atoms with Gasteiger partial charge < -0.3 is 5.11 Å². The van der Waals surface area contributed by atoms with E-state index in [0.717, 1.165) is 5.56 Å². The van der Waals surface area contributed by atoms with E-state index in [0.29, 0.717) is 6.10 Å². The highest BCUT2D eigenvalue weighted by molar-refractivity contribution is 7.17. The molecular formula is C10H9OS. The summed E-state index contributed by atoms with van der Waals surface area (Å²) in [6.07, 6.45) is 0.378. The molecule has 1 heterocycles. The van der Waals surface area contributed by atoms with Crippen molar-refractivity contribution in [3.05, 3.63) is 41.3 Å². The van der Waals surface area contributed by atoms with Crippen LogP contribution in [0.3, 0.4) is 0 Å². The molecule has 1 nitrogen and oxygen atoms in total. The fourth-order valence-corrected chi connectivity index (χ4v) is 1.96. The van der Waals surface area contributed by atoms with E-state index in [9.17, 15) is 5.11 Å². The number of hydrogen-bond donors (Lipinski definition) is 1. The first-order chi connectivity index (χ1) is 5.77. The molecule has 0 atom stereocenters. The molecule has 1 aromatic heterocycles. The monoisotopic (exact) mass is 177 g/mol. The molecule has 0 aliphatic rings. The summed E-state index contributed by atoms with van der Waals surface area (Å²) in [6, 6.07) is 8.04. The maximum atomic E-state index is 9.24. The van der Waals surface area contributed by atoms with Gasteiger partial charge in [0.2, 0.25) is 0 Å². The summed E-state index contributed by atoms with van der Waals surface area (Å²) in [5.41, 5.74) is 0.904. The lowest BCUT2D eigenvalue weighted by Gasteiger charge is -2.01. The molecule has 0 fully saturated rings. The standard InChI is InChI=1S/C10H9OS/c1-7(11)8-2-3-10-9(6-8)4-5-12-10/h2-6,11H,1H3. The van der Waals surface area contributed by atoms with Gasteiger partial charge in [0, 0.05) is 4.70 Å². The molecule has 0 saturated heterocycles. The third kappa shape index (κ3) is 1.24. The number of benzene rings is 1. The van der Waals surface area contributed by atoms with E-state index in [1.54, 1.807) is 18.3 Å². The van der Waals surface area contributed by atoms with Crippen molar-refractivity contribution in [2.45, 2.75) is 6.92 Å². The Bertz CT molecular complexity index is 389. The number of aliphatic hydroxyl groups is 1. The van der Waals surface area contributed by atoms with E-state index in [4.69, 9.17) is 0 Å². The lowest BCUT2D eigenvalue weighted by atomic mass is 10.1. The molecular weight excluding hydrogens is 168 g/mol. The minimum Gasteiger partial charge on any atom is -0.382 e. The van der Waals surface area contributed by atoms with E-state index < -0.39 is 0 Å². The summed E-state index contributed by atoms with van der Waals surface area (Å²) in [4.78, 5) is 0. The van der Waals surface area contributed by atoms with Gasteiger partial charge in [-0.25, -0.2) is 0 Å². The number of thiophene rings is 1. The van der Waals surface area contributed by atoms with Crippen molar-refractivity contribution in [3.8, 4) is 0 Å². The highest BCUT2D eigenvalue weighted by atomic mass is 32.1. The molecule has 1 radical (unpaired) electrons. The van der Waals surface area contributed by atoms with Crippen molar-refractivity contribution in [1.82, 2.24) is 0 Å². The second-order valence-electron chi connectivity index (χ2n) is 2.76. The van der Waals surface area contributed by atoms with Gasteiger partial charge in [0.05, 0.1) is 0 Å². The first-order valence-electron chi connectivity index (χ1n) is 3.77. The van der Waals surface area contributed by atoms with Crippen molar-refractivity contribution in [2.75, 3.05) is 0 Å². The van der Waals surface area contributed by atoms with Crippen molar-refractivity contribution in [1.29, 1.82) is 0 Å². The smallest absolute Gasteiger partial charge is 0.119 e. The summed E-state index contributed by atoms with van der Waals surface area (Å²) < 4.78 is 1.26. The van der Waals surface area contributed by atoms with E-state index in [-0.39, 0.29) is 0 Å². The molecule has 0 bridgehead atoms. The van der Waals surface area contributed by atoms with Crippen LogP contribution in [-0.4, -0.2) is 5.11 Å². The average molecular weight is 177 g/mol. The van der Waals surface area contributed by atoms with Gasteiger partial charge in [0.25, 0.3) is 0 Å². The van der Waals surface area contributed by atoms with Gasteiger partial charge in [-0.3, -0.25) is 0 Å². The van der Waals surface area contributed by atoms with E-state index in [1.807, 2.05) is 18.2 Å². The third-order valence-corrected chi connectivity index (χ3v) is 2.77. The molecule has 2 rings (SSSR count). The summed E-state index contributed by atoms with van der Waals surface area (Å²) >= 11 is 1.72. The molecule has 61 valence electrons. The topological polar surface area (TPSA) is 20.2 Å². The summed E-state index contributed by atoms with van der Waals surface area (Å²) in [5, 5.41) is 12.5. The minimum absolute atomic E-state index is 0.378. The first kappa shape index (κ1) is 7.77. The van der Waals surface area contributed by atoms with Gasteiger partial charge in [-0.1, -0.05) is 6.07 Å². The second-order valence-corrected chi connectivity index (χ2v) is 3.71. The molecule has 0 saturated carbocycles. The Hall–Kier alpha value is -0.860. The zero-order chi connectivity index (χ0) is 8.55. The molecule has 2 heteroatoms. The van der Waals surface area contributed by atoms with Crippen LogP contribution in [0.15, 0.2) is 29.6 Å². The van der Waals surface area contributed by atoms with Crippen LogP contribution in [0, 0.1) is 6.10 Å². The normalized spacial score (nSPS) is 11.2.